The minimum absolute atomic E-state index is 0.101. The summed E-state index contributed by atoms with van der Waals surface area (Å²) in [5, 5.41) is 3.17. The van der Waals surface area contributed by atoms with Crippen molar-refractivity contribution in [2.75, 3.05) is 19.1 Å². The zero-order chi connectivity index (χ0) is 13.1. The maximum absolute atomic E-state index is 11.2. The monoisotopic (exact) mass is 255 g/mol. The molecule has 0 bridgehead atoms. The van der Waals surface area contributed by atoms with Crippen LogP contribution in [0.3, 0.4) is 0 Å². The summed E-state index contributed by atoms with van der Waals surface area (Å²) in [7, 11) is -1.03. The van der Waals surface area contributed by atoms with Crippen molar-refractivity contribution >= 4 is 9.84 Å². The molecule has 0 heterocycles. The summed E-state index contributed by atoms with van der Waals surface area (Å²) in [6.07, 6.45) is 1.89. The molecule has 0 spiro atoms. The highest BCUT2D eigenvalue weighted by Crippen LogP contribution is 2.20. The number of hydrogen-bond acceptors (Lipinski definition) is 3. The van der Waals surface area contributed by atoms with Crippen LogP contribution in [-0.2, 0) is 9.84 Å². The van der Waals surface area contributed by atoms with Crippen molar-refractivity contribution in [3.05, 3.63) is 34.9 Å². The van der Waals surface area contributed by atoms with Gasteiger partial charge in [0, 0.05) is 12.3 Å². The van der Waals surface area contributed by atoms with E-state index in [2.05, 4.69) is 37.4 Å². The molecule has 1 aromatic carbocycles. The lowest BCUT2D eigenvalue weighted by molar-refractivity contribution is 0.558. The molecule has 1 unspecified atom stereocenters. The van der Waals surface area contributed by atoms with E-state index in [0.717, 1.165) is 5.56 Å². The average molecular weight is 255 g/mol. The van der Waals surface area contributed by atoms with Crippen molar-refractivity contribution in [3.8, 4) is 0 Å². The lowest BCUT2D eigenvalue weighted by Crippen LogP contribution is -2.20. The Morgan fingerprint density at radius 2 is 1.88 bits per heavy atom. The smallest absolute Gasteiger partial charge is 0.147 e. The molecule has 1 N–H and O–H groups in total. The Kier molecular flexibility index (Phi) is 4.71. The van der Waals surface area contributed by atoms with E-state index in [1.165, 1.54) is 17.4 Å². The summed E-state index contributed by atoms with van der Waals surface area (Å²) in [5.41, 5.74) is 3.65. The van der Waals surface area contributed by atoms with Gasteiger partial charge in [0.25, 0.3) is 0 Å². The van der Waals surface area contributed by atoms with Crippen LogP contribution in [0.1, 0.15) is 29.2 Å². The molecular weight excluding hydrogens is 234 g/mol. The summed E-state index contributed by atoms with van der Waals surface area (Å²) < 4.78 is 22.4. The fraction of sp³-hybridized carbons (Fsp3) is 0.538. The third kappa shape index (κ3) is 4.48. The Balaban J connectivity index is 2.83. The predicted octanol–water partition coefficient (Wildman–Crippen LogP) is 2.00. The largest absolute Gasteiger partial charge is 0.313 e. The molecule has 4 heteroatoms. The van der Waals surface area contributed by atoms with Gasteiger partial charge in [0.2, 0.25) is 0 Å². The number of hydrogen-bond donors (Lipinski definition) is 1. The minimum atomic E-state index is -2.90. The van der Waals surface area contributed by atoms with Crippen LogP contribution in [0.15, 0.2) is 18.2 Å². The number of aryl methyl sites for hydroxylation is 2. The fourth-order valence-electron chi connectivity index (χ4n) is 1.79. The van der Waals surface area contributed by atoms with Crippen LogP contribution < -0.4 is 5.32 Å². The molecule has 3 nitrogen and oxygen atoms in total. The molecular formula is C13H21NO2S. The van der Waals surface area contributed by atoms with Crippen LogP contribution in [0.25, 0.3) is 0 Å². The van der Waals surface area contributed by atoms with Gasteiger partial charge in [0.05, 0.1) is 5.75 Å². The van der Waals surface area contributed by atoms with Crippen molar-refractivity contribution in [2.45, 2.75) is 26.3 Å². The van der Waals surface area contributed by atoms with Gasteiger partial charge in [-0.15, -0.1) is 0 Å². The predicted molar refractivity (Wildman–Crippen MR) is 72.0 cm³/mol. The first-order valence-corrected chi connectivity index (χ1v) is 7.81. The third-order valence-corrected chi connectivity index (χ3v) is 4.04. The SMILES string of the molecule is CNC(CCS(C)(=O)=O)c1ccc(C)c(C)c1. The molecule has 0 aromatic heterocycles. The lowest BCUT2D eigenvalue weighted by atomic mass is 10.00. The third-order valence-electron chi connectivity index (χ3n) is 3.06. The molecule has 0 amide bonds. The van der Waals surface area contributed by atoms with Crippen LogP contribution >= 0.6 is 0 Å². The van der Waals surface area contributed by atoms with E-state index < -0.39 is 9.84 Å². The average Bonchev–Trinajstić information content (AvgIpc) is 2.22. The topological polar surface area (TPSA) is 46.2 Å². The Morgan fingerprint density at radius 3 is 2.35 bits per heavy atom. The van der Waals surface area contributed by atoms with Gasteiger partial charge in [0.15, 0.2) is 0 Å². The van der Waals surface area contributed by atoms with Crippen molar-refractivity contribution in [2.24, 2.45) is 0 Å². The molecule has 0 saturated carbocycles. The second-order valence-electron chi connectivity index (χ2n) is 4.60. The van der Waals surface area contributed by atoms with Gasteiger partial charge in [-0.05, 0) is 44.0 Å². The molecule has 0 aliphatic rings. The van der Waals surface area contributed by atoms with E-state index >= 15 is 0 Å². The highest BCUT2D eigenvalue weighted by Gasteiger charge is 2.13. The van der Waals surface area contributed by atoms with Crippen LogP contribution in [0.5, 0.6) is 0 Å². The van der Waals surface area contributed by atoms with Gasteiger partial charge >= 0.3 is 0 Å². The highest BCUT2D eigenvalue weighted by atomic mass is 32.2. The Labute approximate surface area is 104 Å². The molecule has 1 aromatic rings. The van der Waals surface area contributed by atoms with Crippen LogP contribution in [0.4, 0.5) is 0 Å². The van der Waals surface area contributed by atoms with Gasteiger partial charge in [-0.3, -0.25) is 0 Å². The lowest BCUT2D eigenvalue weighted by Gasteiger charge is -2.17. The van der Waals surface area contributed by atoms with Gasteiger partial charge in [-0.2, -0.15) is 0 Å². The first-order valence-electron chi connectivity index (χ1n) is 5.75. The van der Waals surface area contributed by atoms with E-state index in [1.54, 1.807) is 0 Å². The summed E-state index contributed by atoms with van der Waals surface area (Å²) in [5.74, 6) is 0.214. The molecule has 0 aliphatic heterocycles. The van der Waals surface area contributed by atoms with Crippen LogP contribution in [-0.4, -0.2) is 27.5 Å². The zero-order valence-electron chi connectivity index (χ0n) is 10.9. The second-order valence-corrected chi connectivity index (χ2v) is 6.86. The summed E-state index contributed by atoms with van der Waals surface area (Å²) in [6, 6.07) is 6.36. The zero-order valence-corrected chi connectivity index (χ0v) is 11.8. The molecule has 0 fully saturated rings. The standard InChI is InChI=1S/C13H21NO2S/c1-10-5-6-12(9-11(10)2)13(14-3)7-8-17(4,15)16/h5-6,9,13-14H,7-8H2,1-4H3. The first-order chi connectivity index (χ1) is 7.83. The summed E-state index contributed by atoms with van der Waals surface area (Å²) >= 11 is 0. The Morgan fingerprint density at radius 1 is 1.24 bits per heavy atom. The van der Waals surface area contributed by atoms with E-state index in [1.807, 2.05) is 7.05 Å². The highest BCUT2D eigenvalue weighted by molar-refractivity contribution is 7.90. The summed E-state index contributed by atoms with van der Waals surface area (Å²) in [4.78, 5) is 0. The normalized spacial score (nSPS) is 13.6. The second kappa shape index (κ2) is 5.65. The fourth-order valence-corrected chi connectivity index (χ4v) is 2.45. The molecule has 1 rings (SSSR count). The molecule has 0 radical (unpaired) electrons. The van der Waals surface area contributed by atoms with Crippen molar-refractivity contribution in [1.29, 1.82) is 0 Å². The van der Waals surface area contributed by atoms with Crippen LogP contribution in [0.2, 0.25) is 0 Å². The Bertz CT molecular complexity index is 480. The molecule has 1 atom stereocenters. The van der Waals surface area contributed by atoms with Crippen molar-refractivity contribution in [3.63, 3.8) is 0 Å². The van der Waals surface area contributed by atoms with Gasteiger partial charge < -0.3 is 5.32 Å². The minimum Gasteiger partial charge on any atom is -0.313 e. The van der Waals surface area contributed by atoms with Gasteiger partial charge in [-0.1, -0.05) is 18.2 Å². The van der Waals surface area contributed by atoms with E-state index in [9.17, 15) is 8.42 Å². The quantitative estimate of drug-likeness (QED) is 0.875. The number of benzene rings is 1. The molecule has 0 aliphatic carbocycles. The Hall–Kier alpha value is -0.870. The van der Waals surface area contributed by atoms with Crippen LogP contribution in [0, 0.1) is 13.8 Å². The number of sulfone groups is 1. The van der Waals surface area contributed by atoms with Crippen molar-refractivity contribution in [1.82, 2.24) is 5.32 Å². The first kappa shape index (κ1) is 14.2. The molecule has 17 heavy (non-hydrogen) atoms. The maximum Gasteiger partial charge on any atom is 0.147 e. The maximum atomic E-state index is 11.2. The van der Waals surface area contributed by atoms with E-state index in [-0.39, 0.29) is 11.8 Å². The van der Waals surface area contributed by atoms with Gasteiger partial charge in [-0.25, -0.2) is 8.42 Å². The van der Waals surface area contributed by atoms with E-state index in [4.69, 9.17) is 0 Å². The molecule has 96 valence electrons. The van der Waals surface area contributed by atoms with Crippen molar-refractivity contribution < 1.29 is 8.42 Å². The number of rotatable bonds is 5. The molecule has 0 saturated heterocycles. The number of nitrogens with one attached hydrogen (secondary N) is 1. The van der Waals surface area contributed by atoms with Gasteiger partial charge in [0.1, 0.15) is 9.84 Å². The summed E-state index contributed by atoms with van der Waals surface area (Å²) in [6.45, 7) is 4.14. The van der Waals surface area contributed by atoms with E-state index in [0.29, 0.717) is 6.42 Å².